The maximum Gasteiger partial charge on any atom is 0.251 e. The Bertz CT molecular complexity index is 609. The number of carbonyl (C=O) groups is 1. The Morgan fingerprint density at radius 3 is 2.38 bits per heavy atom. The molecular formula is C15H24N2O3S. The van der Waals surface area contributed by atoms with Gasteiger partial charge in [-0.05, 0) is 51.8 Å². The third kappa shape index (κ3) is 4.82. The zero-order chi connectivity index (χ0) is 16.2. The highest BCUT2D eigenvalue weighted by atomic mass is 32.2. The summed E-state index contributed by atoms with van der Waals surface area (Å²) >= 11 is 0. The standard InChI is InChI=1S/C15H24N2O3S/c1-6-12(5)17-21(19,20)13-8-7-11(4)14(9-13)15(18)16-10(2)3/h7-10,12,17H,6H2,1-5H3,(H,16,18)/t12-/m0/s1. The highest BCUT2D eigenvalue weighted by molar-refractivity contribution is 7.89. The van der Waals surface area contributed by atoms with Crippen LogP contribution in [0.25, 0.3) is 0 Å². The van der Waals surface area contributed by atoms with Crippen molar-refractivity contribution in [3.8, 4) is 0 Å². The molecule has 21 heavy (non-hydrogen) atoms. The van der Waals surface area contributed by atoms with Crippen LogP contribution in [0.2, 0.25) is 0 Å². The van der Waals surface area contributed by atoms with E-state index in [1.165, 1.54) is 12.1 Å². The van der Waals surface area contributed by atoms with Gasteiger partial charge in [-0.1, -0.05) is 13.0 Å². The van der Waals surface area contributed by atoms with Crippen LogP contribution in [-0.4, -0.2) is 26.4 Å². The van der Waals surface area contributed by atoms with Crippen LogP contribution in [0.5, 0.6) is 0 Å². The first-order valence-electron chi connectivity index (χ1n) is 7.11. The predicted octanol–water partition coefficient (Wildman–Crippen LogP) is 2.21. The molecule has 0 aliphatic carbocycles. The zero-order valence-corrected chi connectivity index (χ0v) is 14.0. The van der Waals surface area contributed by atoms with Crippen molar-refractivity contribution in [3.05, 3.63) is 29.3 Å². The van der Waals surface area contributed by atoms with Crippen molar-refractivity contribution in [3.63, 3.8) is 0 Å². The summed E-state index contributed by atoms with van der Waals surface area (Å²) in [4.78, 5) is 12.2. The number of sulfonamides is 1. The summed E-state index contributed by atoms with van der Waals surface area (Å²) in [5.41, 5.74) is 1.13. The minimum absolute atomic E-state index is 0.00426. The fraction of sp³-hybridized carbons (Fsp3) is 0.533. The average molecular weight is 312 g/mol. The van der Waals surface area contributed by atoms with Crippen LogP contribution in [0.4, 0.5) is 0 Å². The second-order valence-electron chi connectivity index (χ2n) is 5.54. The minimum atomic E-state index is -3.60. The van der Waals surface area contributed by atoms with Gasteiger partial charge in [0.1, 0.15) is 0 Å². The van der Waals surface area contributed by atoms with E-state index in [0.717, 1.165) is 5.56 Å². The topological polar surface area (TPSA) is 75.3 Å². The molecule has 0 radical (unpaired) electrons. The molecule has 1 aromatic rings. The molecule has 0 aliphatic rings. The Balaban J connectivity index is 3.14. The van der Waals surface area contributed by atoms with Gasteiger partial charge in [0.15, 0.2) is 0 Å². The molecule has 2 N–H and O–H groups in total. The summed E-state index contributed by atoms with van der Waals surface area (Å²) in [6.07, 6.45) is 0.700. The third-order valence-corrected chi connectivity index (χ3v) is 4.74. The van der Waals surface area contributed by atoms with Crippen LogP contribution in [0.3, 0.4) is 0 Å². The van der Waals surface area contributed by atoms with Crippen LogP contribution < -0.4 is 10.0 Å². The second-order valence-corrected chi connectivity index (χ2v) is 7.25. The molecule has 0 aliphatic heterocycles. The van der Waals surface area contributed by atoms with Crippen molar-refractivity contribution >= 4 is 15.9 Å². The first-order valence-corrected chi connectivity index (χ1v) is 8.59. The average Bonchev–Trinajstić information content (AvgIpc) is 2.37. The lowest BCUT2D eigenvalue weighted by molar-refractivity contribution is 0.0942. The summed E-state index contributed by atoms with van der Waals surface area (Å²) in [5.74, 6) is -0.261. The van der Waals surface area contributed by atoms with Gasteiger partial charge in [-0.15, -0.1) is 0 Å². The van der Waals surface area contributed by atoms with E-state index in [4.69, 9.17) is 0 Å². The molecule has 0 heterocycles. The minimum Gasteiger partial charge on any atom is -0.350 e. The maximum absolute atomic E-state index is 12.3. The number of amides is 1. The lowest BCUT2D eigenvalue weighted by Gasteiger charge is -2.14. The van der Waals surface area contributed by atoms with Gasteiger partial charge in [-0.25, -0.2) is 13.1 Å². The molecule has 118 valence electrons. The van der Waals surface area contributed by atoms with E-state index in [-0.39, 0.29) is 22.9 Å². The Labute approximate surface area is 127 Å². The number of benzene rings is 1. The summed E-state index contributed by atoms with van der Waals surface area (Å²) in [5, 5.41) is 2.78. The molecule has 0 unspecified atom stereocenters. The normalized spacial score (nSPS) is 13.2. The molecule has 1 amide bonds. The van der Waals surface area contributed by atoms with Crippen molar-refractivity contribution < 1.29 is 13.2 Å². The lowest BCUT2D eigenvalue weighted by Crippen LogP contribution is -2.33. The van der Waals surface area contributed by atoms with Crippen LogP contribution >= 0.6 is 0 Å². The van der Waals surface area contributed by atoms with Crippen molar-refractivity contribution in [2.45, 2.75) is 58.0 Å². The van der Waals surface area contributed by atoms with Gasteiger partial charge in [0.2, 0.25) is 10.0 Å². The fourth-order valence-electron chi connectivity index (χ4n) is 1.77. The second kappa shape index (κ2) is 7.04. The number of hydrogen-bond donors (Lipinski definition) is 2. The SMILES string of the molecule is CC[C@H](C)NS(=O)(=O)c1ccc(C)c(C(=O)NC(C)C)c1. The highest BCUT2D eigenvalue weighted by Crippen LogP contribution is 2.16. The number of aryl methyl sites for hydroxylation is 1. The molecule has 0 bridgehead atoms. The molecule has 0 spiro atoms. The smallest absolute Gasteiger partial charge is 0.251 e. The van der Waals surface area contributed by atoms with Crippen molar-refractivity contribution in [1.29, 1.82) is 0 Å². The Morgan fingerprint density at radius 2 is 1.86 bits per heavy atom. The van der Waals surface area contributed by atoms with Gasteiger partial charge in [-0.2, -0.15) is 0 Å². The van der Waals surface area contributed by atoms with E-state index in [1.54, 1.807) is 19.9 Å². The number of carbonyl (C=O) groups excluding carboxylic acids is 1. The predicted molar refractivity (Wildman–Crippen MR) is 83.9 cm³/mol. The monoisotopic (exact) mass is 312 g/mol. The molecule has 1 aromatic carbocycles. The molecule has 1 atom stereocenters. The number of rotatable bonds is 6. The van der Waals surface area contributed by atoms with Crippen molar-refractivity contribution in [1.82, 2.24) is 10.0 Å². The van der Waals surface area contributed by atoms with Crippen LogP contribution in [0.15, 0.2) is 23.1 Å². The largest absolute Gasteiger partial charge is 0.350 e. The Hall–Kier alpha value is -1.40. The third-order valence-electron chi connectivity index (χ3n) is 3.15. The molecule has 0 saturated carbocycles. The van der Waals surface area contributed by atoms with Crippen molar-refractivity contribution in [2.75, 3.05) is 0 Å². The molecular weight excluding hydrogens is 288 g/mol. The van der Waals surface area contributed by atoms with Gasteiger partial charge >= 0.3 is 0 Å². The number of hydrogen-bond acceptors (Lipinski definition) is 3. The zero-order valence-electron chi connectivity index (χ0n) is 13.2. The highest BCUT2D eigenvalue weighted by Gasteiger charge is 2.19. The molecule has 5 nitrogen and oxygen atoms in total. The first-order chi connectivity index (χ1) is 9.67. The van der Waals surface area contributed by atoms with Crippen molar-refractivity contribution in [2.24, 2.45) is 0 Å². The van der Waals surface area contributed by atoms with E-state index < -0.39 is 10.0 Å². The van der Waals surface area contributed by atoms with Gasteiger partial charge < -0.3 is 5.32 Å². The Morgan fingerprint density at radius 1 is 1.24 bits per heavy atom. The van der Waals surface area contributed by atoms with Crippen LogP contribution in [0, 0.1) is 6.92 Å². The summed E-state index contributed by atoms with van der Waals surface area (Å²) < 4.78 is 27.1. The Kier molecular flexibility index (Phi) is 5.92. The van der Waals surface area contributed by atoms with Gasteiger partial charge in [0.25, 0.3) is 5.91 Å². The molecule has 0 fully saturated rings. The van der Waals surface area contributed by atoms with Crippen LogP contribution in [0.1, 0.15) is 50.0 Å². The fourth-order valence-corrected chi connectivity index (χ4v) is 3.12. The molecule has 0 saturated heterocycles. The molecule has 1 rings (SSSR count). The quantitative estimate of drug-likeness (QED) is 0.845. The first kappa shape index (κ1) is 17.7. The van der Waals surface area contributed by atoms with Gasteiger partial charge in [0.05, 0.1) is 4.90 Å². The van der Waals surface area contributed by atoms with E-state index in [0.29, 0.717) is 12.0 Å². The van der Waals surface area contributed by atoms with E-state index in [2.05, 4.69) is 10.0 Å². The van der Waals surface area contributed by atoms with E-state index in [9.17, 15) is 13.2 Å². The van der Waals surface area contributed by atoms with Gasteiger partial charge in [0, 0.05) is 17.6 Å². The lowest BCUT2D eigenvalue weighted by atomic mass is 10.1. The van der Waals surface area contributed by atoms with Gasteiger partial charge in [-0.3, -0.25) is 4.79 Å². The summed E-state index contributed by atoms with van der Waals surface area (Å²) in [6, 6.07) is 4.45. The number of nitrogens with one attached hydrogen (secondary N) is 2. The summed E-state index contributed by atoms with van der Waals surface area (Å²) in [7, 11) is -3.60. The van der Waals surface area contributed by atoms with Crippen LogP contribution in [-0.2, 0) is 10.0 Å². The molecule has 6 heteroatoms. The van der Waals surface area contributed by atoms with E-state index in [1.807, 2.05) is 20.8 Å². The maximum atomic E-state index is 12.3. The summed E-state index contributed by atoms with van der Waals surface area (Å²) in [6.45, 7) is 9.21. The molecule has 0 aromatic heterocycles. The van der Waals surface area contributed by atoms with E-state index >= 15 is 0 Å².